The number of hydrogen-bond acceptors (Lipinski definition) is 3. The lowest BCUT2D eigenvalue weighted by molar-refractivity contribution is -0.142. The molecule has 0 aromatic heterocycles. The number of methoxy groups -OCH3 is 1. The van der Waals surface area contributed by atoms with E-state index in [0.29, 0.717) is 28.0 Å². The minimum Gasteiger partial charge on any atom is -0.366 e. The minimum atomic E-state index is -1.28. The number of carbonyl (C=O) groups is 1. The highest BCUT2D eigenvalue weighted by Gasteiger charge is 2.51. The van der Waals surface area contributed by atoms with Crippen molar-refractivity contribution in [2.75, 3.05) is 20.2 Å². The lowest BCUT2D eigenvalue weighted by Crippen LogP contribution is -2.45. The predicted octanol–water partition coefficient (Wildman–Crippen LogP) is 4.92. The lowest BCUT2D eigenvalue weighted by atomic mass is 9.65. The number of carbonyl (C=O) groups excluding carboxylic acids is 1. The van der Waals surface area contributed by atoms with E-state index in [-0.39, 0.29) is 11.2 Å². The largest absolute Gasteiger partial charge is 0.366 e. The van der Waals surface area contributed by atoms with Crippen LogP contribution in [0.1, 0.15) is 52.5 Å². The molecule has 144 valence electrons. The third-order valence-corrected chi connectivity index (χ3v) is 6.75. The summed E-state index contributed by atoms with van der Waals surface area (Å²) in [6.07, 6.45) is 3.43. The van der Waals surface area contributed by atoms with Crippen LogP contribution in [0.4, 0.5) is 4.39 Å². The van der Waals surface area contributed by atoms with Crippen molar-refractivity contribution >= 4 is 21.7 Å². The van der Waals surface area contributed by atoms with Crippen LogP contribution in [0, 0.1) is 16.6 Å². The molecule has 2 aliphatic rings. The third kappa shape index (κ3) is 3.63. The number of ether oxygens (including phenoxy) is 1. The van der Waals surface area contributed by atoms with E-state index in [4.69, 9.17) is 4.74 Å². The molecule has 1 aliphatic heterocycles. The average molecular weight is 426 g/mol. The Morgan fingerprint density at radius 1 is 1.38 bits per heavy atom. The van der Waals surface area contributed by atoms with Crippen LogP contribution in [-0.2, 0) is 15.1 Å². The van der Waals surface area contributed by atoms with Crippen LogP contribution < -0.4 is 0 Å². The van der Waals surface area contributed by atoms with E-state index in [2.05, 4.69) is 41.6 Å². The van der Waals surface area contributed by atoms with Gasteiger partial charge < -0.3 is 4.74 Å². The Hall–Kier alpha value is -0.780. The molecule has 26 heavy (non-hydrogen) atoms. The van der Waals surface area contributed by atoms with Gasteiger partial charge in [-0.25, -0.2) is 4.39 Å². The van der Waals surface area contributed by atoms with Crippen molar-refractivity contribution < 1.29 is 13.9 Å². The number of hydrogen-bond donors (Lipinski definition) is 0. The molecule has 0 N–H and O–H groups in total. The number of halogens is 2. The number of fused-ring (bicyclic) bond motifs is 2. The Morgan fingerprint density at radius 3 is 2.69 bits per heavy atom. The number of rotatable bonds is 5. The van der Waals surface area contributed by atoms with Crippen molar-refractivity contribution in [3.63, 3.8) is 0 Å². The Labute approximate surface area is 164 Å². The summed E-state index contributed by atoms with van der Waals surface area (Å²) >= 11 is 3.27. The second-order valence-electron chi connectivity index (χ2n) is 9.40. The molecule has 1 saturated carbocycles. The van der Waals surface area contributed by atoms with Gasteiger partial charge in [0.15, 0.2) is 11.4 Å². The van der Waals surface area contributed by atoms with Gasteiger partial charge in [-0.1, -0.05) is 42.8 Å². The summed E-state index contributed by atoms with van der Waals surface area (Å²) in [4.78, 5) is 15.5. The van der Waals surface area contributed by atoms with E-state index in [1.165, 1.54) is 19.6 Å². The van der Waals surface area contributed by atoms with Gasteiger partial charge in [0, 0.05) is 29.7 Å². The molecule has 3 unspecified atom stereocenters. The highest BCUT2D eigenvalue weighted by molar-refractivity contribution is 9.10. The first-order chi connectivity index (χ1) is 12.0. The number of nitrogens with zero attached hydrogens (tertiary/aromatic N) is 1. The fourth-order valence-corrected chi connectivity index (χ4v) is 5.68. The molecule has 2 fully saturated rings. The van der Waals surface area contributed by atoms with Crippen molar-refractivity contribution in [3.8, 4) is 0 Å². The maximum absolute atomic E-state index is 14.5. The summed E-state index contributed by atoms with van der Waals surface area (Å²) in [6.45, 7) is 9.87. The molecule has 3 atom stereocenters. The molecule has 0 radical (unpaired) electrons. The maximum Gasteiger partial charge on any atom is 0.182 e. The first-order valence-corrected chi connectivity index (χ1v) is 10.1. The van der Waals surface area contributed by atoms with Gasteiger partial charge in [-0.15, -0.1) is 0 Å². The van der Waals surface area contributed by atoms with Crippen LogP contribution >= 0.6 is 15.9 Å². The zero-order chi connectivity index (χ0) is 19.3. The first kappa shape index (κ1) is 20.0. The Balaban J connectivity index is 1.82. The summed E-state index contributed by atoms with van der Waals surface area (Å²) in [5.74, 6) is -0.513. The van der Waals surface area contributed by atoms with Crippen molar-refractivity contribution in [2.24, 2.45) is 10.8 Å². The first-order valence-electron chi connectivity index (χ1n) is 9.26. The Kier molecular flexibility index (Phi) is 5.13. The highest BCUT2D eigenvalue weighted by atomic mass is 79.9. The molecule has 1 aromatic rings. The average Bonchev–Trinajstić information content (AvgIpc) is 2.74. The zero-order valence-electron chi connectivity index (χ0n) is 16.4. The van der Waals surface area contributed by atoms with Crippen molar-refractivity contribution in [1.82, 2.24) is 4.90 Å². The van der Waals surface area contributed by atoms with Crippen molar-refractivity contribution in [2.45, 2.75) is 58.6 Å². The van der Waals surface area contributed by atoms with Gasteiger partial charge in [0.1, 0.15) is 5.82 Å². The van der Waals surface area contributed by atoms with Crippen LogP contribution in [-0.4, -0.2) is 36.9 Å². The molecular formula is C21H29BrFNO2. The maximum atomic E-state index is 14.5. The topological polar surface area (TPSA) is 29.5 Å². The molecule has 0 amide bonds. The second kappa shape index (κ2) is 6.68. The van der Waals surface area contributed by atoms with E-state index >= 15 is 0 Å². The van der Waals surface area contributed by atoms with Crippen LogP contribution in [0.15, 0.2) is 22.7 Å². The quantitative estimate of drug-likeness (QED) is 0.670. The van der Waals surface area contributed by atoms with Gasteiger partial charge in [0.2, 0.25) is 0 Å². The molecule has 0 spiro atoms. The molecule has 2 bridgehead atoms. The van der Waals surface area contributed by atoms with Crippen molar-refractivity contribution in [1.29, 1.82) is 0 Å². The molecule has 1 saturated heterocycles. The molecule has 1 aliphatic carbocycles. The fraction of sp³-hybridized carbons (Fsp3) is 0.667. The molecule has 5 heteroatoms. The standard InChI is InChI=1S/C21H29BrFNO2/c1-19(2)9-15-10-20(3,12-19)13-24(15)11-18(25)21(4,26-5)16-7-6-14(22)8-17(16)23/h6-8,15H,9-13H2,1-5H3. The normalized spacial score (nSPS) is 30.2. The van der Waals surface area contributed by atoms with Crippen LogP contribution in [0.25, 0.3) is 0 Å². The third-order valence-electron chi connectivity index (χ3n) is 6.26. The number of benzene rings is 1. The number of ketones is 1. The lowest BCUT2D eigenvalue weighted by Gasteiger charge is -2.40. The van der Waals surface area contributed by atoms with E-state index in [1.54, 1.807) is 19.1 Å². The van der Waals surface area contributed by atoms with E-state index < -0.39 is 11.4 Å². The van der Waals surface area contributed by atoms with Crippen molar-refractivity contribution in [3.05, 3.63) is 34.1 Å². The summed E-state index contributed by atoms with van der Waals surface area (Å²) < 4.78 is 20.7. The Morgan fingerprint density at radius 2 is 2.08 bits per heavy atom. The summed E-state index contributed by atoms with van der Waals surface area (Å²) in [5.41, 5.74) is -0.420. The summed E-state index contributed by atoms with van der Waals surface area (Å²) in [7, 11) is 1.48. The summed E-state index contributed by atoms with van der Waals surface area (Å²) in [6, 6.07) is 5.18. The SMILES string of the molecule is COC(C)(C(=O)CN1CC2(C)CC1CC(C)(C)C2)c1ccc(Br)cc1F. The molecule has 1 heterocycles. The van der Waals surface area contributed by atoms with E-state index in [9.17, 15) is 9.18 Å². The van der Waals surface area contributed by atoms with Gasteiger partial charge in [-0.3, -0.25) is 9.69 Å². The number of Topliss-reactive ketones (excluding diaryl/α,β-unsaturated/α-hetero) is 1. The summed E-state index contributed by atoms with van der Waals surface area (Å²) in [5, 5.41) is 0. The molecule has 1 aromatic carbocycles. The molecular weight excluding hydrogens is 397 g/mol. The minimum absolute atomic E-state index is 0.0878. The Bertz CT molecular complexity index is 722. The second-order valence-corrected chi connectivity index (χ2v) is 10.3. The molecule has 3 nitrogen and oxygen atoms in total. The van der Waals surface area contributed by atoms with Crippen LogP contribution in [0.3, 0.4) is 0 Å². The van der Waals surface area contributed by atoms with Crippen LogP contribution in [0.5, 0.6) is 0 Å². The zero-order valence-corrected chi connectivity index (χ0v) is 18.0. The fourth-order valence-electron chi connectivity index (χ4n) is 5.35. The van der Waals surface area contributed by atoms with Crippen LogP contribution in [0.2, 0.25) is 0 Å². The van der Waals surface area contributed by atoms with Gasteiger partial charge in [0.05, 0.1) is 6.54 Å². The van der Waals surface area contributed by atoms with E-state index in [1.807, 2.05) is 0 Å². The van der Waals surface area contributed by atoms with Gasteiger partial charge in [-0.05, 0) is 49.1 Å². The van der Waals surface area contributed by atoms with Gasteiger partial charge in [-0.2, -0.15) is 0 Å². The van der Waals surface area contributed by atoms with Gasteiger partial charge >= 0.3 is 0 Å². The molecule has 3 rings (SSSR count). The highest BCUT2D eigenvalue weighted by Crippen LogP contribution is 2.52. The van der Waals surface area contributed by atoms with Gasteiger partial charge in [0.25, 0.3) is 0 Å². The van der Waals surface area contributed by atoms with E-state index in [0.717, 1.165) is 19.4 Å². The number of likely N-dealkylation sites (tertiary alicyclic amines) is 1. The monoisotopic (exact) mass is 425 g/mol. The smallest absolute Gasteiger partial charge is 0.182 e. The predicted molar refractivity (Wildman–Crippen MR) is 105 cm³/mol.